The van der Waals surface area contributed by atoms with Crippen molar-refractivity contribution >= 4 is 41.7 Å². The lowest BCUT2D eigenvalue weighted by molar-refractivity contribution is -0.121. The molecule has 102 valence electrons. The Kier molecular flexibility index (Phi) is 3.67. The van der Waals surface area contributed by atoms with Crippen molar-refractivity contribution in [2.75, 3.05) is 4.90 Å². The molecule has 2 amide bonds. The van der Waals surface area contributed by atoms with E-state index in [0.29, 0.717) is 10.7 Å². The number of rotatable bonds is 1. The summed E-state index contributed by atoms with van der Waals surface area (Å²) < 4.78 is 0. The van der Waals surface area contributed by atoms with Gasteiger partial charge in [0.15, 0.2) is 0 Å². The average molecular weight is 298 g/mol. The van der Waals surface area contributed by atoms with Gasteiger partial charge in [-0.05, 0) is 23.1 Å². The summed E-state index contributed by atoms with van der Waals surface area (Å²) >= 11 is 10.4. The minimum atomic E-state index is -0.548. The van der Waals surface area contributed by atoms with E-state index in [1.807, 2.05) is 6.07 Å². The second-order valence-corrected chi connectivity index (χ2v) is 6.73. The molecule has 0 radical (unpaired) electrons. The molecule has 3 nitrogen and oxygen atoms in total. The van der Waals surface area contributed by atoms with E-state index < -0.39 is 5.25 Å². The minimum Gasteiger partial charge on any atom is -0.274 e. The van der Waals surface area contributed by atoms with E-state index in [2.05, 4.69) is 33.4 Å². The Bertz CT molecular complexity index is 551. The van der Waals surface area contributed by atoms with Crippen LogP contribution in [0.15, 0.2) is 18.2 Å². The highest BCUT2D eigenvalue weighted by Crippen LogP contribution is 2.34. The zero-order valence-corrected chi connectivity index (χ0v) is 12.8. The highest BCUT2D eigenvalue weighted by atomic mass is 35.5. The van der Waals surface area contributed by atoms with Gasteiger partial charge in [0.25, 0.3) is 0 Å². The molecule has 1 atom stereocenters. The van der Waals surface area contributed by atoms with Gasteiger partial charge in [-0.1, -0.05) is 38.4 Å². The smallest absolute Gasteiger partial charge is 0.247 e. The first-order valence-electron chi connectivity index (χ1n) is 6.06. The molecular weight excluding hydrogens is 282 g/mol. The molecule has 0 aromatic heterocycles. The predicted octanol–water partition coefficient (Wildman–Crippen LogP) is 3.20. The van der Waals surface area contributed by atoms with Crippen LogP contribution in [0.25, 0.3) is 0 Å². The van der Waals surface area contributed by atoms with Crippen LogP contribution in [0.4, 0.5) is 5.69 Å². The average Bonchev–Trinajstić information content (AvgIpc) is 2.51. The topological polar surface area (TPSA) is 37.4 Å². The van der Waals surface area contributed by atoms with Crippen molar-refractivity contribution in [1.82, 2.24) is 0 Å². The van der Waals surface area contributed by atoms with E-state index >= 15 is 0 Å². The normalized spacial score (nSPS) is 20.3. The summed E-state index contributed by atoms with van der Waals surface area (Å²) in [5.41, 5.74) is 1.42. The Hall–Kier alpha value is -1.00. The molecule has 1 aromatic rings. The lowest BCUT2D eigenvalue weighted by Gasteiger charge is -2.22. The molecule has 0 N–H and O–H groups in total. The van der Waals surface area contributed by atoms with Crippen LogP contribution in [0.2, 0.25) is 5.02 Å². The van der Waals surface area contributed by atoms with Gasteiger partial charge in [0.1, 0.15) is 0 Å². The number of carbonyl (C=O) groups excluding carboxylic acids is 2. The number of thiol groups is 1. The summed E-state index contributed by atoms with van der Waals surface area (Å²) in [5.74, 6) is -0.516. The number of anilines is 1. The SMILES string of the molecule is CC(C)(C)c1ccc(N2C(=O)CC(S)C2=O)cc1Cl. The molecule has 0 saturated carbocycles. The third kappa shape index (κ3) is 2.65. The van der Waals surface area contributed by atoms with Gasteiger partial charge in [-0.2, -0.15) is 12.6 Å². The predicted molar refractivity (Wildman–Crippen MR) is 80.0 cm³/mol. The fraction of sp³-hybridized carbons (Fsp3) is 0.429. The molecule has 5 heteroatoms. The summed E-state index contributed by atoms with van der Waals surface area (Å²) in [6, 6.07) is 5.29. The number of carbonyl (C=O) groups is 2. The summed E-state index contributed by atoms with van der Waals surface area (Å²) in [4.78, 5) is 24.9. The van der Waals surface area contributed by atoms with Crippen molar-refractivity contribution in [1.29, 1.82) is 0 Å². The first-order valence-corrected chi connectivity index (χ1v) is 6.96. The molecule has 0 spiro atoms. The molecule has 0 bridgehead atoms. The molecule has 0 aliphatic carbocycles. The van der Waals surface area contributed by atoms with Crippen molar-refractivity contribution in [3.8, 4) is 0 Å². The summed E-state index contributed by atoms with van der Waals surface area (Å²) in [6.07, 6.45) is 0.139. The van der Waals surface area contributed by atoms with Crippen LogP contribution in [-0.2, 0) is 15.0 Å². The zero-order valence-electron chi connectivity index (χ0n) is 11.1. The largest absolute Gasteiger partial charge is 0.274 e. The maximum absolute atomic E-state index is 11.9. The van der Waals surface area contributed by atoms with Crippen LogP contribution in [0.1, 0.15) is 32.8 Å². The van der Waals surface area contributed by atoms with Gasteiger partial charge in [-0.3, -0.25) is 9.59 Å². The Morgan fingerprint density at radius 1 is 1.32 bits per heavy atom. The standard InChI is InChI=1S/C14H16ClNO2S/c1-14(2,3)9-5-4-8(6-10(9)15)16-12(17)7-11(19)13(16)18/h4-6,11,19H,7H2,1-3H3. The number of hydrogen-bond acceptors (Lipinski definition) is 3. The number of amides is 2. The maximum atomic E-state index is 11.9. The van der Waals surface area contributed by atoms with Crippen LogP contribution in [-0.4, -0.2) is 17.1 Å². The van der Waals surface area contributed by atoms with Gasteiger partial charge >= 0.3 is 0 Å². The van der Waals surface area contributed by atoms with Gasteiger partial charge in [0.05, 0.1) is 10.9 Å². The first-order chi connectivity index (χ1) is 8.71. The minimum absolute atomic E-state index is 0.0826. The quantitative estimate of drug-likeness (QED) is 0.638. The molecule has 19 heavy (non-hydrogen) atoms. The van der Waals surface area contributed by atoms with E-state index in [0.717, 1.165) is 10.5 Å². The Balaban J connectivity index is 2.41. The third-order valence-electron chi connectivity index (χ3n) is 3.14. The van der Waals surface area contributed by atoms with Crippen molar-refractivity contribution in [2.24, 2.45) is 0 Å². The van der Waals surface area contributed by atoms with Gasteiger partial charge in [0, 0.05) is 11.4 Å². The van der Waals surface area contributed by atoms with E-state index in [4.69, 9.17) is 11.6 Å². The summed E-state index contributed by atoms with van der Waals surface area (Å²) in [6.45, 7) is 6.18. The molecule has 1 unspecified atom stereocenters. The molecule has 1 aliphatic heterocycles. The van der Waals surface area contributed by atoms with Gasteiger partial charge in [-0.15, -0.1) is 0 Å². The highest BCUT2D eigenvalue weighted by molar-refractivity contribution is 7.82. The maximum Gasteiger partial charge on any atom is 0.247 e. The van der Waals surface area contributed by atoms with Crippen molar-refractivity contribution in [3.63, 3.8) is 0 Å². The number of nitrogens with zero attached hydrogens (tertiary/aromatic N) is 1. The van der Waals surface area contributed by atoms with Crippen LogP contribution < -0.4 is 4.90 Å². The third-order valence-corrected chi connectivity index (χ3v) is 3.86. The molecule has 1 aliphatic rings. The first kappa shape index (κ1) is 14.4. The second-order valence-electron chi connectivity index (χ2n) is 5.70. The monoisotopic (exact) mass is 297 g/mol. The number of halogens is 1. The second kappa shape index (κ2) is 4.84. The number of hydrogen-bond donors (Lipinski definition) is 1. The van der Waals surface area contributed by atoms with Crippen molar-refractivity contribution < 1.29 is 9.59 Å². The Labute approximate surface area is 123 Å². The van der Waals surface area contributed by atoms with Crippen LogP contribution in [0, 0.1) is 0 Å². The van der Waals surface area contributed by atoms with E-state index in [-0.39, 0.29) is 23.7 Å². The molecule has 2 rings (SSSR count). The van der Waals surface area contributed by atoms with E-state index in [1.54, 1.807) is 12.1 Å². The van der Waals surface area contributed by atoms with Crippen molar-refractivity contribution in [2.45, 2.75) is 37.9 Å². The molecule has 1 saturated heterocycles. The van der Waals surface area contributed by atoms with Crippen LogP contribution in [0.5, 0.6) is 0 Å². The van der Waals surface area contributed by atoms with Gasteiger partial charge < -0.3 is 0 Å². The van der Waals surface area contributed by atoms with Gasteiger partial charge in [-0.25, -0.2) is 4.90 Å². The molecule has 1 aromatic carbocycles. The lowest BCUT2D eigenvalue weighted by atomic mass is 9.87. The highest BCUT2D eigenvalue weighted by Gasteiger charge is 2.37. The molecule has 1 fully saturated rings. The van der Waals surface area contributed by atoms with Crippen molar-refractivity contribution in [3.05, 3.63) is 28.8 Å². The van der Waals surface area contributed by atoms with Gasteiger partial charge in [0.2, 0.25) is 11.8 Å². The fourth-order valence-corrected chi connectivity index (χ4v) is 2.87. The Morgan fingerprint density at radius 2 is 1.95 bits per heavy atom. The zero-order chi connectivity index (χ0) is 14.4. The fourth-order valence-electron chi connectivity index (χ4n) is 2.14. The summed E-state index contributed by atoms with van der Waals surface area (Å²) in [5, 5.41) is 0.0155. The number of imide groups is 1. The van der Waals surface area contributed by atoms with E-state index in [9.17, 15) is 9.59 Å². The molecule has 1 heterocycles. The van der Waals surface area contributed by atoms with Crippen LogP contribution >= 0.6 is 24.2 Å². The summed E-state index contributed by atoms with van der Waals surface area (Å²) in [7, 11) is 0. The lowest BCUT2D eigenvalue weighted by Crippen LogP contribution is -2.30. The molecular formula is C14H16ClNO2S. The Morgan fingerprint density at radius 3 is 2.37 bits per heavy atom. The number of benzene rings is 1. The van der Waals surface area contributed by atoms with E-state index in [1.165, 1.54) is 0 Å². The van der Waals surface area contributed by atoms with Crippen LogP contribution in [0.3, 0.4) is 0 Å².